The Balaban J connectivity index is 1.60. The summed E-state index contributed by atoms with van der Waals surface area (Å²) in [5, 5.41) is 2.79. The van der Waals surface area contributed by atoms with Gasteiger partial charge >= 0.3 is 0 Å². The number of para-hydroxylation sites is 2. The fourth-order valence-electron chi connectivity index (χ4n) is 2.12. The molecule has 0 saturated heterocycles. The van der Waals surface area contributed by atoms with Gasteiger partial charge in [0.2, 0.25) is 5.91 Å². The maximum Gasteiger partial charge on any atom is 0.224 e. The summed E-state index contributed by atoms with van der Waals surface area (Å²) in [4.78, 5) is 20.6. The molecule has 5 heteroatoms. The van der Waals surface area contributed by atoms with E-state index >= 15 is 0 Å². The normalized spacial score (nSPS) is 10.6. The first-order chi connectivity index (χ1) is 10.7. The first kappa shape index (κ1) is 14.1. The van der Waals surface area contributed by atoms with Crippen molar-refractivity contribution in [2.45, 2.75) is 13.0 Å². The second kappa shape index (κ2) is 6.30. The minimum absolute atomic E-state index is 0.137. The Morgan fingerprint density at radius 2 is 1.77 bits per heavy atom. The number of nitrogens with zero attached hydrogens (tertiary/aromatic N) is 2. The molecular weight excluding hydrogens is 281 g/mol. The van der Waals surface area contributed by atoms with Gasteiger partial charge in [-0.15, -0.1) is 0 Å². The van der Waals surface area contributed by atoms with Crippen molar-refractivity contribution in [3.8, 4) is 0 Å². The lowest BCUT2D eigenvalue weighted by Crippen LogP contribution is -2.25. The third-order valence-electron chi connectivity index (χ3n) is 3.24. The number of nitrogens with one attached hydrogen (secondary N) is 1. The molecule has 0 unspecified atom stereocenters. The average Bonchev–Trinajstić information content (AvgIpc) is 2.55. The van der Waals surface area contributed by atoms with Crippen molar-refractivity contribution in [2.75, 3.05) is 0 Å². The molecule has 4 nitrogen and oxygen atoms in total. The van der Waals surface area contributed by atoms with Gasteiger partial charge in [0.15, 0.2) is 0 Å². The van der Waals surface area contributed by atoms with Gasteiger partial charge < -0.3 is 5.32 Å². The van der Waals surface area contributed by atoms with Gasteiger partial charge in [-0.05, 0) is 29.8 Å². The average molecular weight is 295 g/mol. The van der Waals surface area contributed by atoms with Gasteiger partial charge in [0.25, 0.3) is 0 Å². The highest BCUT2D eigenvalue weighted by Gasteiger charge is 2.05. The van der Waals surface area contributed by atoms with Gasteiger partial charge in [0, 0.05) is 0 Å². The van der Waals surface area contributed by atoms with E-state index in [-0.39, 0.29) is 18.1 Å². The highest BCUT2D eigenvalue weighted by Crippen LogP contribution is 2.08. The van der Waals surface area contributed by atoms with Crippen LogP contribution >= 0.6 is 0 Å². The molecule has 0 fully saturated rings. The van der Waals surface area contributed by atoms with Gasteiger partial charge in [-0.3, -0.25) is 9.78 Å². The lowest BCUT2D eigenvalue weighted by atomic mass is 10.1. The second-order valence-corrected chi connectivity index (χ2v) is 4.93. The second-order valence-electron chi connectivity index (χ2n) is 4.93. The van der Waals surface area contributed by atoms with E-state index in [2.05, 4.69) is 15.3 Å². The van der Waals surface area contributed by atoms with Crippen LogP contribution in [-0.4, -0.2) is 15.9 Å². The Kier molecular flexibility index (Phi) is 4.05. The summed E-state index contributed by atoms with van der Waals surface area (Å²) in [6, 6.07) is 13.5. The number of rotatable bonds is 4. The third kappa shape index (κ3) is 3.44. The minimum Gasteiger partial charge on any atom is -0.350 e. The van der Waals surface area contributed by atoms with Crippen molar-refractivity contribution in [1.29, 1.82) is 0 Å². The zero-order valence-corrected chi connectivity index (χ0v) is 11.8. The van der Waals surface area contributed by atoms with Crippen LogP contribution in [0.4, 0.5) is 4.39 Å². The molecule has 1 amide bonds. The van der Waals surface area contributed by atoms with E-state index in [1.165, 1.54) is 12.1 Å². The highest BCUT2D eigenvalue weighted by atomic mass is 19.1. The van der Waals surface area contributed by atoms with Crippen molar-refractivity contribution in [3.63, 3.8) is 0 Å². The van der Waals surface area contributed by atoms with Crippen LogP contribution in [0.3, 0.4) is 0 Å². The monoisotopic (exact) mass is 295 g/mol. The number of carbonyl (C=O) groups excluding carboxylic acids is 1. The first-order valence-electron chi connectivity index (χ1n) is 6.92. The quantitative estimate of drug-likeness (QED) is 0.805. The maximum absolute atomic E-state index is 12.8. The molecule has 1 heterocycles. The van der Waals surface area contributed by atoms with E-state index in [0.29, 0.717) is 12.2 Å². The minimum atomic E-state index is -0.310. The zero-order chi connectivity index (χ0) is 15.4. The zero-order valence-electron chi connectivity index (χ0n) is 11.8. The Hall–Kier alpha value is -2.82. The first-order valence-corrected chi connectivity index (χ1v) is 6.92. The standard InChI is InChI=1S/C17H14FN3O/c18-13-7-5-12(6-8-13)9-17(22)20-11-14-10-19-15-3-1-2-4-16(15)21-14/h1-8,10H,9,11H2,(H,20,22). The van der Waals surface area contributed by atoms with Gasteiger partial charge in [-0.25, -0.2) is 9.37 Å². The van der Waals surface area contributed by atoms with E-state index in [1.807, 2.05) is 24.3 Å². The fraction of sp³-hybridized carbons (Fsp3) is 0.118. The number of halogens is 1. The molecule has 0 aliphatic rings. The summed E-state index contributed by atoms with van der Waals surface area (Å²) in [5.74, 6) is -0.447. The summed E-state index contributed by atoms with van der Waals surface area (Å²) >= 11 is 0. The smallest absolute Gasteiger partial charge is 0.224 e. The summed E-state index contributed by atoms with van der Waals surface area (Å²) in [6.45, 7) is 0.317. The highest BCUT2D eigenvalue weighted by molar-refractivity contribution is 5.78. The lowest BCUT2D eigenvalue weighted by molar-refractivity contribution is -0.120. The van der Waals surface area contributed by atoms with Gasteiger partial charge in [-0.1, -0.05) is 24.3 Å². The van der Waals surface area contributed by atoms with Gasteiger partial charge in [0.1, 0.15) is 5.82 Å². The Morgan fingerprint density at radius 3 is 2.55 bits per heavy atom. The lowest BCUT2D eigenvalue weighted by Gasteiger charge is -2.06. The van der Waals surface area contributed by atoms with Crippen molar-refractivity contribution < 1.29 is 9.18 Å². The molecule has 0 bridgehead atoms. The molecule has 0 saturated carbocycles. The summed E-state index contributed by atoms with van der Waals surface area (Å²) in [6.07, 6.45) is 1.86. The predicted molar refractivity (Wildman–Crippen MR) is 81.5 cm³/mol. The van der Waals surface area contributed by atoms with Crippen molar-refractivity contribution in [2.24, 2.45) is 0 Å². The van der Waals surface area contributed by atoms with E-state index in [0.717, 1.165) is 16.6 Å². The van der Waals surface area contributed by atoms with Crippen LogP contribution in [-0.2, 0) is 17.8 Å². The van der Waals surface area contributed by atoms with E-state index in [1.54, 1.807) is 18.3 Å². The summed E-state index contributed by atoms with van der Waals surface area (Å²) in [7, 11) is 0. The summed E-state index contributed by atoms with van der Waals surface area (Å²) in [5.41, 5.74) is 3.09. The molecule has 2 aromatic carbocycles. The van der Waals surface area contributed by atoms with Gasteiger partial charge in [0.05, 0.1) is 35.9 Å². The Bertz CT molecular complexity index is 802. The van der Waals surface area contributed by atoms with E-state index in [9.17, 15) is 9.18 Å². The molecule has 0 atom stereocenters. The number of hydrogen-bond donors (Lipinski definition) is 1. The van der Waals surface area contributed by atoms with E-state index < -0.39 is 0 Å². The molecule has 22 heavy (non-hydrogen) atoms. The number of hydrogen-bond acceptors (Lipinski definition) is 3. The SMILES string of the molecule is O=C(Cc1ccc(F)cc1)NCc1cnc2ccccc2n1. The number of fused-ring (bicyclic) bond motifs is 1. The van der Waals surface area contributed by atoms with Crippen molar-refractivity contribution in [3.05, 3.63) is 71.8 Å². The van der Waals surface area contributed by atoms with Crippen LogP contribution in [0.5, 0.6) is 0 Å². The van der Waals surface area contributed by atoms with Crippen LogP contribution in [0, 0.1) is 5.82 Å². The third-order valence-corrected chi connectivity index (χ3v) is 3.24. The number of carbonyl (C=O) groups is 1. The van der Waals surface area contributed by atoms with Crippen LogP contribution in [0.25, 0.3) is 11.0 Å². The summed E-state index contributed by atoms with van der Waals surface area (Å²) < 4.78 is 12.8. The number of aromatic nitrogens is 2. The number of benzene rings is 2. The Labute approximate surface area is 127 Å². The molecule has 3 aromatic rings. The Morgan fingerprint density at radius 1 is 1.05 bits per heavy atom. The molecule has 0 radical (unpaired) electrons. The molecule has 1 aromatic heterocycles. The maximum atomic E-state index is 12.8. The van der Waals surface area contributed by atoms with Crippen LogP contribution in [0.1, 0.15) is 11.3 Å². The molecule has 0 spiro atoms. The molecule has 1 N–H and O–H groups in total. The van der Waals surface area contributed by atoms with Crippen molar-refractivity contribution in [1.82, 2.24) is 15.3 Å². The van der Waals surface area contributed by atoms with Crippen LogP contribution in [0.2, 0.25) is 0 Å². The largest absolute Gasteiger partial charge is 0.350 e. The topological polar surface area (TPSA) is 54.9 Å². The molecule has 3 rings (SSSR count). The molecular formula is C17H14FN3O. The predicted octanol–water partition coefficient (Wildman–Crippen LogP) is 2.63. The van der Waals surface area contributed by atoms with Crippen LogP contribution in [0.15, 0.2) is 54.7 Å². The molecule has 110 valence electrons. The fourth-order valence-corrected chi connectivity index (χ4v) is 2.12. The van der Waals surface area contributed by atoms with E-state index in [4.69, 9.17) is 0 Å². The molecule has 0 aliphatic carbocycles. The van der Waals surface area contributed by atoms with Crippen molar-refractivity contribution >= 4 is 16.9 Å². The van der Waals surface area contributed by atoms with Gasteiger partial charge in [-0.2, -0.15) is 0 Å². The van der Waals surface area contributed by atoms with Crippen LogP contribution < -0.4 is 5.32 Å². The number of amides is 1. The molecule has 0 aliphatic heterocycles.